The molecule has 0 aromatic heterocycles. The van der Waals surface area contributed by atoms with E-state index < -0.39 is 0 Å². The maximum atomic E-state index is 11.6. The molecule has 0 N–H and O–H groups in total. The molecule has 0 aromatic carbocycles. The first-order valence-corrected chi connectivity index (χ1v) is 8.47. The number of ketones is 1. The summed E-state index contributed by atoms with van der Waals surface area (Å²) in [7, 11) is 0. The average molecular weight is 286 g/mol. The molecule has 112 valence electrons. The number of ether oxygens (including phenoxy) is 2. The van der Waals surface area contributed by atoms with Crippen molar-refractivity contribution in [3.05, 3.63) is 23.8 Å². The second-order valence-electron chi connectivity index (χ2n) is 7.47. The highest BCUT2D eigenvalue weighted by Gasteiger charge is 2.55. The van der Waals surface area contributed by atoms with E-state index >= 15 is 0 Å². The third-order valence-corrected chi connectivity index (χ3v) is 6.77. The molecule has 5 aliphatic rings. The van der Waals surface area contributed by atoms with Gasteiger partial charge in [0, 0.05) is 5.92 Å². The lowest BCUT2D eigenvalue weighted by atomic mass is 9.57. The smallest absolute Gasteiger partial charge is 0.178 e. The number of carbonyl (C=O) groups excluding carboxylic acids is 1. The van der Waals surface area contributed by atoms with E-state index in [0.717, 1.165) is 30.1 Å². The molecule has 4 fully saturated rings. The molecule has 7 unspecified atom stereocenters. The van der Waals surface area contributed by atoms with Crippen molar-refractivity contribution in [1.82, 2.24) is 0 Å². The minimum Gasteiger partial charge on any atom is -0.349 e. The molecule has 1 aliphatic heterocycles. The van der Waals surface area contributed by atoms with Crippen molar-refractivity contribution < 1.29 is 14.3 Å². The van der Waals surface area contributed by atoms with Crippen molar-refractivity contribution in [1.29, 1.82) is 0 Å². The first-order chi connectivity index (χ1) is 10.3. The van der Waals surface area contributed by atoms with E-state index in [1.165, 1.54) is 31.3 Å². The number of carbonyl (C=O) groups is 1. The van der Waals surface area contributed by atoms with Crippen LogP contribution in [0.15, 0.2) is 23.8 Å². The molecule has 0 radical (unpaired) electrons. The highest BCUT2D eigenvalue weighted by atomic mass is 16.7. The van der Waals surface area contributed by atoms with Crippen LogP contribution in [0.25, 0.3) is 0 Å². The van der Waals surface area contributed by atoms with Crippen LogP contribution in [0.5, 0.6) is 0 Å². The van der Waals surface area contributed by atoms with Gasteiger partial charge in [0.2, 0.25) is 0 Å². The zero-order valence-electron chi connectivity index (χ0n) is 12.2. The van der Waals surface area contributed by atoms with Crippen LogP contribution in [0.4, 0.5) is 0 Å². The summed E-state index contributed by atoms with van der Waals surface area (Å²) in [6.07, 6.45) is 12.8. The van der Waals surface area contributed by atoms with Crippen LogP contribution < -0.4 is 0 Å². The van der Waals surface area contributed by atoms with Gasteiger partial charge >= 0.3 is 0 Å². The number of hydrogen-bond donors (Lipinski definition) is 0. The van der Waals surface area contributed by atoms with E-state index in [2.05, 4.69) is 6.08 Å². The molecule has 21 heavy (non-hydrogen) atoms. The summed E-state index contributed by atoms with van der Waals surface area (Å²) < 4.78 is 11.6. The molecule has 1 saturated heterocycles. The first-order valence-electron chi connectivity index (χ1n) is 8.47. The Morgan fingerprint density at radius 2 is 1.90 bits per heavy atom. The predicted octanol–water partition coefficient (Wildman–Crippen LogP) is 2.87. The van der Waals surface area contributed by atoms with Crippen molar-refractivity contribution in [2.45, 2.75) is 44.3 Å². The topological polar surface area (TPSA) is 35.5 Å². The van der Waals surface area contributed by atoms with Gasteiger partial charge in [-0.15, -0.1) is 0 Å². The van der Waals surface area contributed by atoms with Crippen molar-refractivity contribution in [3.63, 3.8) is 0 Å². The van der Waals surface area contributed by atoms with E-state index in [-0.39, 0.29) is 5.78 Å². The van der Waals surface area contributed by atoms with E-state index in [1.54, 1.807) is 6.08 Å². The maximum Gasteiger partial charge on any atom is 0.178 e. The molecule has 3 heteroatoms. The SMILES string of the molecule is O=C1C=CC2C(=C1)CCC1C2CCC2C1CC1OCOC12. The Bertz CT molecular complexity index is 535. The van der Waals surface area contributed by atoms with Crippen LogP contribution in [-0.2, 0) is 14.3 Å². The Morgan fingerprint density at radius 1 is 1.00 bits per heavy atom. The largest absolute Gasteiger partial charge is 0.349 e. The second kappa shape index (κ2) is 4.53. The van der Waals surface area contributed by atoms with Crippen LogP contribution in [0, 0.1) is 29.6 Å². The summed E-state index contributed by atoms with van der Waals surface area (Å²) in [5.74, 6) is 3.77. The highest BCUT2D eigenvalue weighted by molar-refractivity contribution is 6.00. The molecule has 3 nitrogen and oxygen atoms in total. The minimum absolute atomic E-state index is 0.186. The molecular formula is C18H22O3. The van der Waals surface area contributed by atoms with Gasteiger partial charge in [0.15, 0.2) is 5.78 Å². The fraction of sp³-hybridized carbons (Fsp3) is 0.722. The van der Waals surface area contributed by atoms with Gasteiger partial charge in [0.25, 0.3) is 0 Å². The Labute approximate surface area is 125 Å². The van der Waals surface area contributed by atoms with Gasteiger partial charge in [-0.2, -0.15) is 0 Å². The zero-order chi connectivity index (χ0) is 14.0. The Hall–Kier alpha value is -0.930. The van der Waals surface area contributed by atoms with Crippen LogP contribution in [0.1, 0.15) is 32.1 Å². The van der Waals surface area contributed by atoms with Gasteiger partial charge in [-0.3, -0.25) is 4.79 Å². The van der Waals surface area contributed by atoms with E-state index in [4.69, 9.17) is 9.47 Å². The fourth-order valence-electron chi connectivity index (χ4n) is 6.00. The molecule has 4 aliphatic carbocycles. The summed E-state index contributed by atoms with van der Waals surface area (Å²) in [6, 6.07) is 0. The quantitative estimate of drug-likeness (QED) is 0.687. The van der Waals surface area contributed by atoms with Gasteiger partial charge in [0.1, 0.15) is 6.79 Å². The van der Waals surface area contributed by atoms with Gasteiger partial charge in [0.05, 0.1) is 12.2 Å². The van der Waals surface area contributed by atoms with Crippen molar-refractivity contribution in [2.24, 2.45) is 29.6 Å². The summed E-state index contributed by atoms with van der Waals surface area (Å²) >= 11 is 0. The minimum atomic E-state index is 0.186. The summed E-state index contributed by atoms with van der Waals surface area (Å²) in [5.41, 5.74) is 1.40. The lowest BCUT2D eigenvalue weighted by Crippen LogP contribution is -2.41. The fourth-order valence-corrected chi connectivity index (χ4v) is 6.00. The number of fused-ring (bicyclic) bond motifs is 7. The molecule has 7 atom stereocenters. The molecule has 0 spiro atoms. The van der Waals surface area contributed by atoms with Gasteiger partial charge in [-0.05, 0) is 67.9 Å². The standard InChI is InChI=1S/C18H22O3/c19-11-2-4-12-10(7-11)1-3-14-13(12)5-6-15-16(14)8-17-18(15)21-9-20-17/h2,4,7,12-18H,1,3,5-6,8-9H2. The van der Waals surface area contributed by atoms with Crippen LogP contribution in [0.2, 0.25) is 0 Å². The van der Waals surface area contributed by atoms with Crippen LogP contribution in [0.3, 0.4) is 0 Å². The van der Waals surface area contributed by atoms with Gasteiger partial charge in [-0.1, -0.05) is 11.6 Å². The number of rotatable bonds is 0. The highest BCUT2D eigenvalue weighted by Crippen LogP contribution is 2.57. The van der Waals surface area contributed by atoms with E-state index in [1.807, 2.05) is 6.08 Å². The molecule has 0 aromatic rings. The zero-order valence-corrected chi connectivity index (χ0v) is 12.2. The Kier molecular flexibility index (Phi) is 2.72. The number of allylic oxidation sites excluding steroid dienone is 4. The second-order valence-corrected chi connectivity index (χ2v) is 7.47. The number of hydrogen-bond acceptors (Lipinski definition) is 3. The summed E-state index contributed by atoms with van der Waals surface area (Å²) in [5, 5.41) is 0. The first kappa shape index (κ1) is 12.6. The van der Waals surface area contributed by atoms with Gasteiger partial charge < -0.3 is 9.47 Å². The van der Waals surface area contributed by atoms with E-state index in [0.29, 0.717) is 24.9 Å². The molecular weight excluding hydrogens is 264 g/mol. The van der Waals surface area contributed by atoms with Gasteiger partial charge in [-0.25, -0.2) is 0 Å². The average Bonchev–Trinajstić information content (AvgIpc) is 3.07. The van der Waals surface area contributed by atoms with Crippen molar-refractivity contribution >= 4 is 5.78 Å². The molecule has 0 amide bonds. The normalized spacial score (nSPS) is 51.0. The summed E-state index contributed by atoms with van der Waals surface area (Å²) in [4.78, 5) is 11.6. The Morgan fingerprint density at radius 3 is 2.86 bits per heavy atom. The maximum absolute atomic E-state index is 11.6. The monoisotopic (exact) mass is 286 g/mol. The molecule has 5 rings (SSSR count). The van der Waals surface area contributed by atoms with E-state index in [9.17, 15) is 4.79 Å². The van der Waals surface area contributed by atoms with Crippen molar-refractivity contribution in [2.75, 3.05) is 6.79 Å². The molecule has 3 saturated carbocycles. The molecule has 0 bridgehead atoms. The lowest BCUT2D eigenvalue weighted by Gasteiger charge is -2.48. The van der Waals surface area contributed by atoms with Crippen LogP contribution in [-0.4, -0.2) is 24.8 Å². The Balaban J connectivity index is 1.43. The third kappa shape index (κ3) is 1.77. The lowest BCUT2D eigenvalue weighted by molar-refractivity contribution is -0.110. The summed E-state index contributed by atoms with van der Waals surface area (Å²) in [6.45, 7) is 0.507. The predicted molar refractivity (Wildman–Crippen MR) is 77.4 cm³/mol. The van der Waals surface area contributed by atoms with Crippen molar-refractivity contribution in [3.8, 4) is 0 Å². The molecule has 1 heterocycles. The third-order valence-electron chi connectivity index (χ3n) is 6.77. The van der Waals surface area contributed by atoms with Crippen LogP contribution >= 0.6 is 0 Å².